The van der Waals surface area contributed by atoms with Gasteiger partial charge in [0.1, 0.15) is 11.5 Å². The summed E-state index contributed by atoms with van der Waals surface area (Å²) < 4.78 is 33.4. The lowest BCUT2D eigenvalue weighted by molar-refractivity contribution is 0.0939. The lowest BCUT2D eigenvalue weighted by atomic mass is 10.1. The van der Waals surface area contributed by atoms with Crippen LogP contribution in [-0.4, -0.2) is 31.2 Å². The Morgan fingerprint density at radius 3 is 2.55 bits per heavy atom. The second-order valence-corrected chi connectivity index (χ2v) is 9.89. The largest absolute Gasteiger partial charge is 0.466 e. The Labute approximate surface area is 173 Å². The number of carbonyl (C=O) groups is 1. The molecule has 2 heterocycles. The Morgan fingerprint density at radius 1 is 1.21 bits per heavy atom. The van der Waals surface area contributed by atoms with Gasteiger partial charge in [0.05, 0.1) is 10.9 Å². The summed E-state index contributed by atoms with van der Waals surface area (Å²) in [6, 6.07) is 6.43. The molecule has 0 bridgehead atoms. The Bertz CT molecular complexity index is 1010. The first-order chi connectivity index (χ1) is 13.6. The zero-order chi connectivity index (χ0) is 21.3. The van der Waals surface area contributed by atoms with Crippen molar-refractivity contribution in [1.82, 2.24) is 9.62 Å². The van der Waals surface area contributed by atoms with Gasteiger partial charge in [-0.25, -0.2) is 8.42 Å². The molecule has 2 atom stereocenters. The number of hydrogen-bond acceptors (Lipinski definition) is 4. The van der Waals surface area contributed by atoms with Crippen molar-refractivity contribution >= 4 is 15.9 Å². The molecular formula is C22H30N2O4S. The van der Waals surface area contributed by atoms with Crippen LogP contribution >= 0.6 is 0 Å². The van der Waals surface area contributed by atoms with Gasteiger partial charge < -0.3 is 9.73 Å². The number of benzene rings is 1. The highest BCUT2D eigenvalue weighted by molar-refractivity contribution is 7.89. The normalized spacial score (nSPS) is 19.1. The van der Waals surface area contributed by atoms with Crippen LogP contribution in [0.15, 0.2) is 33.6 Å². The van der Waals surface area contributed by atoms with E-state index in [1.54, 1.807) is 16.4 Å². The summed E-state index contributed by atoms with van der Waals surface area (Å²) in [5.41, 5.74) is 2.03. The number of carbonyl (C=O) groups excluding carboxylic acids is 1. The zero-order valence-corrected chi connectivity index (χ0v) is 18.6. The minimum Gasteiger partial charge on any atom is -0.466 e. The lowest BCUT2D eigenvalue weighted by Gasteiger charge is -2.32. The number of amides is 1. The number of sulfonamides is 1. The molecule has 3 rings (SSSR count). The third-order valence-electron chi connectivity index (χ3n) is 5.70. The third-order valence-corrected chi connectivity index (χ3v) is 7.71. The first-order valence-corrected chi connectivity index (χ1v) is 11.6. The van der Waals surface area contributed by atoms with Crippen molar-refractivity contribution in [2.24, 2.45) is 0 Å². The Kier molecular flexibility index (Phi) is 6.19. The van der Waals surface area contributed by atoms with Gasteiger partial charge in [-0.05, 0) is 71.2 Å². The maximum atomic E-state index is 13.2. The maximum Gasteiger partial charge on any atom is 0.252 e. The molecule has 1 aromatic heterocycles. The number of aryl methyl sites for hydroxylation is 3. The molecular weight excluding hydrogens is 388 g/mol. The highest BCUT2D eigenvalue weighted by Crippen LogP contribution is 2.27. The molecule has 0 aliphatic carbocycles. The van der Waals surface area contributed by atoms with E-state index in [1.165, 1.54) is 6.07 Å². The van der Waals surface area contributed by atoms with Crippen LogP contribution in [0.25, 0.3) is 0 Å². The number of nitrogens with one attached hydrogen (secondary N) is 1. The van der Waals surface area contributed by atoms with Crippen LogP contribution in [0.1, 0.15) is 72.2 Å². The molecule has 1 aromatic carbocycles. The molecule has 1 N–H and O–H groups in total. The highest BCUT2D eigenvalue weighted by atomic mass is 32.2. The number of hydrogen-bond donors (Lipinski definition) is 1. The van der Waals surface area contributed by atoms with Crippen LogP contribution in [-0.2, 0) is 10.0 Å². The van der Waals surface area contributed by atoms with Gasteiger partial charge in [0.15, 0.2) is 0 Å². The molecule has 1 aliphatic heterocycles. The van der Waals surface area contributed by atoms with E-state index in [0.717, 1.165) is 41.9 Å². The molecule has 6 nitrogen and oxygen atoms in total. The Balaban J connectivity index is 1.86. The van der Waals surface area contributed by atoms with Crippen molar-refractivity contribution < 1.29 is 17.6 Å². The smallest absolute Gasteiger partial charge is 0.252 e. The standard InChI is InChI=1S/C22H30N2O4S/c1-14-9-10-19(29(26,27)24-11-7-6-8-15(24)2)13-20(14)22(25)23-17(4)21-12-16(3)28-18(21)5/h9-10,12-13,15,17H,6-8,11H2,1-5H3,(H,23,25). The first kappa shape index (κ1) is 21.6. The summed E-state index contributed by atoms with van der Waals surface area (Å²) >= 11 is 0. The van der Waals surface area contributed by atoms with Gasteiger partial charge in [0, 0.05) is 23.7 Å². The molecule has 158 valence electrons. The van der Waals surface area contributed by atoms with Gasteiger partial charge in [-0.2, -0.15) is 4.31 Å². The molecule has 1 fully saturated rings. The van der Waals surface area contributed by atoms with Crippen LogP contribution in [0.2, 0.25) is 0 Å². The van der Waals surface area contributed by atoms with Crippen LogP contribution in [0.4, 0.5) is 0 Å². The van der Waals surface area contributed by atoms with Gasteiger partial charge in [-0.1, -0.05) is 12.5 Å². The average Bonchev–Trinajstić information content (AvgIpc) is 3.00. The number of rotatable bonds is 5. The zero-order valence-electron chi connectivity index (χ0n) is 17.8. The van der Waals surface area contributed by atoms with Crippen molar-refractivity contribution in [2.75, 3.05) is 6.54 Å². The predicted octanol–water partition coefficient (Wildman–Crippen LogP) is 4.26. The van der Waals surface area contributed by atoms with E-state index in [4.69, 9.17) is 4.42 Å². The predicted molar refractivity (Wildman–Crippen MR) is 112 cm³/mol. The lowest BCUT2D eigenvalue weighted by Crippen LogP contribution is -2.42. The Hall–Kier alpha value is -2.12. The molecule has 2 aromatic rings. The molecule has 29 heavy (non-hydrogen) atoms. The third kappa shape index (κ3) is 4.41. The monoisotopic (exact) mass is 418 g/mol. The fourth-order valence-corrected chi connectivity index (χ4v) is 5.73. The maximum absolute atomic E-state index is 13.2. The van der Waals surface area contributed by atoms with E-state index in [9.17, 15) is 13.2 Å². The molecule has 2 unspecified atom stereocenters. The van der Waals surface area contributed by atoms with Gasteiger partial charge in [-0.3, -0.25) is 4.79 Å². The molecule has 7 heteroatoms. The Morgan fingerprint density at radius 2 is 1.93 bits per heavy atom. The molecule has 0 spiro atoms. The van der Waals surface area contributed by atoms with Crippen molar-refractivity contribution in [3.05, 3.63) is 52.5 Å². The summed E-state index contributed by atoms with van der Waals surface area (Å²) in [5.74, 6) is 1.26. The fraction of sp³-hybridized carbons (Fsp3) is 0.500. The van der Waals surface area contributed by atoms with Gasteiger partial charge >= 0.3 is 0 Å². The summed E-state index contributed by atoms with van der Waals surface area (Å²) in [4.78, 5) is 13.1. The first-order valence-electron chi connectivity index (χ1n) is 10.1. The van der Waals surface area contributed by atoms with Crippen molar-refractivity contribution in [2.45, 2.75) is 70.9 Å². The van der Waals surface area contributed by atoms with Crippen molar-refractivity contribution in [3.8, 4) is 0 Å². The second kappa shape index (κ2) is 8.32. The highest BCUT2D eigenvalue weighted by Gasteiger charge is 2.31. The summed E-state index contributed by atoms with van der Waals surface area (Å²) in [5, 5.41) is 2.97. The van der Waals surface area contributed by atoms with Crippen LogP contribution in [0.3, 0.4) is 0 Å². The average molecular weight is 419 g/mol. The number of nitrogens with zero attached hydrogens (tertiary/aromatic N) is 1. The molecule has 0 saturated carbocycles. The van der Waals surface area contributed by atoms with Gasteiger partial charge in [-0.15, -0.1) is 0 Å². The van der Waals surface area contributed by atoms with E-state index in [1.807, 2.05) is 40.7 Å². The molecule has 1 aliphatic rings. The minimum absolute atomic E-state index is 0.0281. The van der Waals surface area contributed by atoms with Gasteiger partial charge in [0.25, 0.3) is 5.91 Å². The molecule has 1 amide bonds. The van der Waals surface area contributed by atoms with Crippen molar-refractivity contribution in [1.29, 1.82) is 0 Å². The number of piperidine rings is 1. The van der Waals surface area contributed by atoms with Crippen LogP contribution < -0.4 is 5.32 Å². The quantitative estimate of drug-likeness (QED) is 0.787. The van der Waals surface area contributed by atoms with E-state index in [-0.39, 0.29) is 22.9 Å². The minimum atomic E-state index is -3.63. The topological polar surface area (TPSA) is 79.6 Å². The van der Waals surface area contributed by atoms with Gasteiger partial charge in [0.2, 0.25) is 10.0 Å². The van der Waals surface area contributed by atoms with Crippen molar-refractivity contribution in [3.63, 3.8) is 0 Å². The van der Waals surface area contributed by atoms with Crippen LogP contribution in [0.5, 0.6) is 0 Å². The second-order valence-electron chi connectivity index (χ2n) is 8.00. The number of furan rings is 1. The summed E-state index contributed by atoms with van der Waals surface area (Å²) in [6.07, 6.45) is 2.77. The SMILES string of the molecule is Cc1cc(C(C)NC(=O)c2cc(S(=O)(=O)N3CCCCC3C)ccc2C)c(C)o1. The summed E-state index contributed by atoms with van der Waals surface area (Å²) in [7, 11) is -3.63. The van der Waals surface area contributed by atoms with E-state index in [0.29, 0.717) is 12.1 Å². The summed E-state index contributed by atoms with van der Waals surface area (Å²) in [6.45, 7) is 9.89. The van der Waals surface area contributed by atoms with E-state index < -0.39 is 10.0 Å². The molecule has 1 saturated heterocycles. The van der Waals surface area contributed by atoms with Crippen LogP contribution in [0, 0.1) is 20.8 Å². The molecule has 0 radical (unpaired) electrons. The fourth-order valence-electron chi connectivity index (χ4n) is 4.00. The van der Waals surface area contributed by atoms with E-state index in [2.05, 4.69) is 5.32 Å². The van der Waals surface area contributed by atoms with E-state index >= 15 is 0 Å².